The van der Waals surface area contributed by atoms with E-state index in [0.29, 0.717) is 24.5 Å². The van der Waals surface area contributed by atoms with Crippen molar-refractivity contribution in [1.82, 2.24) is 14.8 Å². The number of cyclic esters (lactones) is 1. The molecular weight excluding hydrogens is 356 g/mol. The molecule has 4 rings (SSSR count). The molecule has 9 heteroatoms. The second-order valence-electron chi connectivity index (χ2n) is 6.09. The maximum atomic E-state index is 13.4. The molecule has 1 saturated heterocycles. The third-order valence-corrected chi connectivity index (χ3v) is 3.99. The minimum Gasteiger partial charge on any atom is -0.447 e. The van der Waals surface area contributed by atoms with Gasteiger partial charge in [-0.2, -0.15) is 4.98 Å². The topological polar surface area (TPSA) is 72.3 Å². The molecule has 1 fully saturated rings. The Morgan fingerprint density at radius 1 is 1.11 bits per heavy atom. The number of ether oxygens (including phenoxy) is 1. The van der Waals surface area contributed by atoms with Crippen LogP contribution < -0.4 is 10.2 Å². The summed E-state index contributed by atoms with van der Waals surface area (Å²) >= 11 is 0. The Labute approximate surface area is 154 Å². The van der Waals surface area contributed by atoms with E-state index >= 15 is 0 Å². The van der Waals surface area contributed by atoms with Crippen LogP contribution in [-0.2, 0) is 4.74 Å². The molecule has 2 heterocycles. The first-order chi connectivity index (χ1) is 13.0. The Balaban J connectivity index is 0.00000225. The van der Waals surface area contributed by atoms with Gasteiger partial charge in [0.2, 0.25) is 5.95 Å². The minimum atomic E-state index is -0.698. The highest BCUT2D eigenvalue weighted by molar-refractivity contribution is 5.90. The Hall–Kier alpha value is -3.49. The molecule has 27 heavy (non-hydrogen) atoms. The number of carbonyl (C=O) groups excluding carboxylic acids is 1. The lowest BCUT2D eigenvalue weighted by Gasteiger charge is -2.15. The van der Waals surface area contributed by atoms with Gasteiger partial charge in [0, 0.05) is 18.9 Å². The average molecular weight is 373 g/mol. The lowest BCUT2D eigenvalue weighted by atomic mass is 10.2. The molecule has 1 aromatic heterocycles. The summed E-state index contributed by atoms with van der Waals surface area (Å²) in [6, 6.07) is 8.63. The molecular formula is C18H17F2N5O2. The number of benzene rings is 2. The summed E-state index contributed by atoms with van der Waals surface area (Å²) in [5, 5.41) is 7.22. The minimum absolute atomic E-state index is 0. The second kappa shape index (κ2) is 6.67. The van der Waals surface area contributed by atoms with Crippen molar-refractivity contribution in [3.05, 3.63) is 59.9 Å². The molecule has 1 N–H and O–H groups in total. The van der Waals surface area contributed by atoms with E-state index in [1.54, 1.807) is 11.0 Å². The van der Waals surface area contributed by atoms with Gasteiger partial charge >= 0.3 is 6.09 Å². The molecule has 0 atom stereocenters. The van der Waals surface area contributed by atoms with Crippen LogP contribution >= 0.6 is 0 Å². The number of hydrogen-bond acceptors (Lipinski definition) is 5. The van der Waals surface area contributed by atoms with Crippen LogP contribution in [-0.4, -0.2) is 34.0 Å². The third-order valence-electron chi connectivity index (χ3n) is 3.99. The monoisotopic (exact) mass is 373 g/mol. The van der Waals surface area contributed by atoms with Gasteiger partial charge in [-0.1, -0.05) is 0 Å². The van der Waals surface area contributed by atoms with Crippen molar-refractivity contribution < 1.29 is 19.7 Å². The number of aromatic nitrogens is 3. The van der Waals surface area contributed by atoms with Gasteiger partial charge in [0.05, 0.1) is 12.2 Å². The van der Waals surface area contributed by atoms with Crippen LogP contribution in [0.5, 0.6) is 0 Å². The SMILES string of the molecule is Cc1cc(Nc2ncn(-c3cc(F)cc(F)c3)n2)cc(N2CCOC2=O)c1.[HH]. The fourth-order valence-electron chi connectivity index (χ4n) is 2.86. The molecule has 0 saturated carbocycles. The maximum Gasteiger partial charge on any atom is 0.414 e. The van der Waals surface area contributed by atoms with Crippen LogP contribution in [0.4, 0.5) is 30.9 Å². The van der Waals surface area contributed by atoms with Crippen molar-refractivity contribution in [2.75, 3.05) is 23.4 Å². The van der Waals surface area contributed by atoms with Crippen LogP contribution in [0.2, 0.25) is 0 Å². The average Bonchev–Trinajstić information content (AvgIpc) is 3.22. The summed E-state index contributed by atoms with van der Waals surface area (Å²) in [7, 11) is 0. The molecule has 0 aliphatic carbocycles. The molecule has 140 valence electrons. The molecule has 3 aromatic rings. The highest BCUT2D eigenvalue weighted by Crippen LogP contribution is 2.26. The standard InChI is InChI=1S/C18H15F2N5O2.H2/c1-11-4-14(9-15(5-11)24-2-3-27-18(24)26)22-17-21-10-25(23-17)16-7-12(19)6-13(20)8-16;/h4-10H,2-3H2,1H3,(H,22,23);1H. The number of nitrogens with one attached hydrogen (secondary N) is 1. The summed E-state index contributed by atoms with van der Waals surface area (Å²) in [6.07, 6.45) is 0.965. The molecule has 2 aromatic carbocycles. The van der Waals surface area contributed by atoms with Crippen molar-refractivity contribution in [3.8, 4) is 5.69 Å². The largest absolute Gasteiger partial charge is 0.447 e. The Kier molecular flexibility index (Phi) is 4.19. The summed E-state index contributed by atoms with van der Waals surface area (Å²) < 4.78 is 33.0. The Bertz CT molecular complexity index is 1010. The van der Waals surface area contributed by atoms with E-state index in [-0.39, 0.29) is 19.2 Å². The van der Waals surface area contributed by atoms with E-state index in [4.69, 9.17) is 4.74 Å². The Morgan fingerprint density at radius 3 is 2.59 bits per heavy atom. The smallest absolute Gasteiger partial charge is 0.414 e. The van der Waals surface area contributed by atoms with Gasteiger partial charge < -0.3 is 10.1 Å². The molecule has 1 aliphatic rings. The van der Waals surface area contributed by atoms with Gasteiger partial charge in [-0.3, -0.25) is 4.90 Å². The fourth-order valence-corrected chi connectivity index (χ4v) is 2.86. The normalized spacial score (nSPS) is 13.7. The van der Waals surface area contributed by atoms with Gasteiger partial charge in [0.25, 0.3) is 0 Å². The zero-order valence-corrected chi connectivity index (χ0v) is 14.3. The number of carbonyl (C=O) groups is 1. The number of rotatable bonds is 4. The predicted octanol–water partition coefficient (Wildman–Crippen LogP) is 3.80. The molecule has 0 bridgehead atoms. The first-order valence-electron chi connectivity index (χ1n) is 8.19. The van der Waals surface area contributed by atoms with E-state index in [1.807, 2.05) is 19.1 Å². The molecule has 0 radical (unpaired) electrons. The predicted molar refractivity (Wildman–Crippen MR) is 96.5 cm³/mol. The zero-order chi connectivity index (χ0) is 19.0. The summed E-state index contributed by atoms with van der Waals surface area (Å²) in [5.41, 5.74) is 2.53. The summed E-state index contributed by atoms with van der Waals surface area (Å²) in [6.45, 7) is 2.74. The van der Waals surface area contributed by atoms with Crippen molar-refractivity contribution in [2.24, 2.45) is 0 Å². The van der Waals surface area contributed by atoms with Crippen molar-refractivity contribution in [2.45, 2.75) is 6.92 Å². The fraction of sp³-hybridized carbons (Fsp3) is 0.167. The van der Waals surface area contributed by atoms with E-state index in [2.05, 4.69) is 15.4 Å². The molecule has 0 spiro atoms. The maximum absolute atomic E-state index is 13.4. The number of amides is 1. The first-order valence-corrected chi connectivity index (χ1v) is 8.19. The third kappa shape index (κ3) is 3.57. The van der Waals surface area contributed by atoms with Crippen molar-refractivity contribution >= 4 is 23.4 Å². The number of halogens is 2. The van der Waals surface area contributed by atoms with Crippen LogP contribution in [0.3, 0.4) is 0 Å². The van der Waals surface area contributed by atoms with Gasteiger partial charge in [0.1, 0.15) is 24.6 Å². The Morgan fingerprint density at radius 2 is 1.89 bits per heavy atom. The van der Waals surface area contributed by atoms with E-state index in [0.717, 1.165) is 23.8 Å². The zero-order valence-electron chi connectivity index (χ0n) is 14.3. The summed E-state index contributed by atoms with van der Waals surface area (Å²) in [4.78, 5) is 17.4. The van der Waals surface area contributed by atoms with Crippen LogP contribution in [0.15, 0.2) is 42.7 Å². The van der Waals surface area contributed by atoms with Crippen LogP contribution in [0, 0.1) is 18.6 Å². The van der Waals surface area contributed by atoms with Gasteiger partial charge in [0.15, 0.2) is 0 Å². The highest BCUT2D eigenvalue weighted by atomic mass is 19.1. The number of nitrogens with zero attached hydrogens (tertiary/aromatic N) is 4. The van der Waals surface area contributed by atoms with Crippen LogP contribution in [0.1, 0.15) is 6.99 Å². The first kappa shape index (κ1) is 17.0. The number of anilines is 3. The molecule has 1 aliphatic heterocycles. The van der Waals surface area contributed by atoms with Gasteiger partial charge in [-0.05, 0) is 42.8 Å². The van der Waals surface area contributed by atoms with E-state index < -0.39 is 11.6 Å². The molecule has 0 unspecified atom stereocenters. The van der Waals surface area contributed by atoms with E-state index in [9.17, 15) is 13.6 Å². The number of aryl methyl sites for hydroxylation is 1. The van der Waals surface area contributed by atoms with Crippen molar-refractivity contribution in [3.63, 3.8) is 0 Å². The van der Waals surface area contributed by atoms with Crippen molar-refractivity contribution in [1.29, 1.82) is 0 Å². The quantitative estimate of drug-likeness (QED) is 0.753. The van der Waals surface area contributed by atoms with E-state index in [1.165, 1.54) is 11.0 Å². The summed E-state index contributed by atoms with van der Waals surface area (Å²) in [5.74, 6) is -1.15. The molecule has 1 amide bonds. The van der Waals surface area contributed by atoms with Gasteiger partial charge in [-0.15, -0.1) is 5.10 Å². The van der Waals surface area contributed by atoms with Gasteiger partial charge in [-0.25, -0.2) is 18.3 Å². The number of hydrogen-bond donors (Lipinski definition) is 1. The lowest BCUT2D eigenvalue weighted by molar-refractivity contribution is 0.181. The highest BCUT2D eigenvalue weighted by Gasteiger charge is 2.24. The van der Waals surface area contributed by atoms with Crippen LogP contribution in [0.25, 0.3) is 5.69 Å². The second-order valence-corrected chi connectivity index (χ2v) is 6.09. The lowest BCUT2D eigenvalue weighted by Crippen LogP contribution is -2.23. The molecule has 7 nitrogen and oxygen atoms in total.